The van der Waals surface area contributed by atoms with Crippen molar-refractivity contribution in [3.63, 3.8) is 0 Å². The van der Waals surface area contributed by atoms with Crippen LogP contribution in [0.4, 0.5) is 10.5 Å². The average Bonchev–Trinajstić information content (AvgIpc) is 3.18. The highest BCUT2D eigenvalue weighted by molar-refractivity contribution is 6.34. The first-order valence-corrected chi connectivity index (χ1v) is 14.8. The van der Waals surface area contributed by atoms with Gasteiger partial charge in [-0.15, -0.1) is 0 Å². The number of anilines is 1. The maximum atomic E-state index is 13.7. The predicted octanol–water partition coefficient (Wildman–Crippen LogP) is 5.48. The van der Waals surface area contributed by atoms with Gasteiger partial charge in [-0.05, 0) is 50.6 Å². The number of benzene rings is 2. The van der Waals surface area contributed by atoms with Crippen LogP contribution in [0.5, 0.6) is 0 Å². The van der Waals surface area contributed by atoms with Crippen molar-refractivity contribution in [2.75, 3.05) is 11.9 Å². The second-order valence-electron chi connectivity index (χ2n) is 11.0. The minimum absolute atomic E-state index is 0.00626. The molecular weight excluding hydrogens is 590 g/mol. The summed E-state index contributed by atoms with van der Waals surface area (Å²) < 4.78 is 10.3. The van der Waals surface area contributed by atoms with Gasteiger partial charge in [0.05, 0.1) is 10.7 Å². The summed E-state index contributed by atoms with van der Waals surface area (Å²) in [6, 6.07) is 9.66. The molecule has 2 aromatic carbocycles. The van der Waals surface area contributed by atoms with Gasteiger partial charge < -0.3 is 19.8 Å². The number of hydrogen-bond donors (Lipinski definition) is 2. The van der Waals surface area contributed by atoms with E-state index in [4.69, 9.17) is 20.8 Å². The van der Waals surface area contributed by atoms with Crippen LogP contribution in [0, 0.1) is 0 Å². The van der Waals surface area contributed by atoms with E-state index in [1.54, 1.807) is 18.2 Å². The molecule has 0 bridgehead atoms. The number of ether oxygens (including phenoxy) is 1. The molecule has 0 radical (unpaired) electrons. The number of halogens is 1. The fourth-order valence-corrected chi connectivity index (χ4v) is 5.04. The first kappa shape index (κ1) is 32.4. The number of para-hydroxylation sites is 1. The Hall–Kier alpha value is -4.51. The molecule has 2 N–H and O–H groups in total. The van der Waals surface area contributed by atoms with Crippen LogP contribution in [-0.2, 0) is 14.3 Å². The zero-order chi connectivity index (χ0) is 32.0. The number of imide groups is 1. The second-order valence-corrected chi connectivity index (χ2v) is 11.4. The van der Waals surface area contributed by atoms with Gasteiger partial charge in [-0.25, -0.2) is 14.5 Å². The van der Waals surface area contributed by atoms with Crippen molar-refractivity contribution < 1.29 is 33.1 Å². The molecule has 1 aromatic heterocycles. The fraction of sp³-hybridized carbons (Fsp3) is 0.375. The van der Waals surface area contributed by atoms with E-state index in [-0.39, 0.29) is 27.8 Å². The van der Waals surface area contributed by atoms with Crippen molar-refractivity contribution in [3.05, 3.63) is 75.1 Å². The second kappa shape index (κ2) is 13.9. The quantitative estimate of drug-likeness (QED) is 0.110. The van der Waals surface area contributed by atoms with E-state index in [9.17, 15) is 28.8 Å². The van der Waals surface area contributed by atoms with Crippen molar-refractivity contribution in [2.45, 2.75) is 70.9 Å². The zero-order valence-electron chi connectivity index (χ0n) is 24.7. The van der Waals surface area contributed by atoms with Gasteiger partial charge in [0.15, 0.2) is 11.6 Å². The third-order valence-electron chi connectivity index (χ3n) is 7.24. The lowest BCUT2D eigenvalue weighted by Crippen LogP contribution is -2.53. The average molecular weight is 624 g/mol. The third-order valence-corrected chi connectivity index (χ3v) is 7.55. The maximum absolute atomic E-state index is 13.7. The molecule has 232 valence electrons. The Labute approximate surface area is 258 Å². The monoisotopic (exact) mass is 623 g/mol. The summed E-state index contributed by atoms with van der Waals surface area (Å²) in [5.74, 6) is -3.59. The molecule has 11 nitrogen and oxygen atoms in total. The number of hydrogen-bond acceptors (Lipinski definition) is 8. The van der Waals surface area contributed by atoms with Crippen LogP contribution in [0.3, 0.4) is 0 Å². The Balaban J connectivity index is 1.56. The van der Waals surface area contributed by atoms with Crippen LogP contribution in [-0.4, -0.2) is 52.7 Å². The van der Waals surface area contributed by atoms with Crippen LogP contribution in [0.25, 0.3) is 11.0 Å². The van der Waals surface area contributed by atoms with Crippen LogP contribution in [0.1, 0.15) is 80.0 Å². The van der Waals surface area contributed by atoms with Crippen molar-refractivity contribution in [1.82, 2.24) is 10.2 Å². The number of Topliss-reactive ketones (excluding diaryl/α,β-unsaturated/α-hetero) is 1. The molecule has 1 fully saturated rings. The number of ketones is 1. The topological polar surface area (TPSA) is 152 Å². The summed E-state index contributed by atoms with van der Waals surface area (Å²) in [4.78, 5) is 79.0. The number of nitrogens with zero attached hydrogens (tertiary/aromatic N) is 1. The van der Waals surface area contributed by atoms with Crippen LogP contribution in [0.15, 0.2) is 57.7 Å². The van der Waals surface area contributed by atoms with Gasteiger partial charge in [-0.1, -0.05) is 68.8 Å². The lowest BCUT2D eigenvalue weighted by molar-refractivity contribution is -0.137. The number of carbonyl (C=O) groups is 5. The Kier molecular flexibility index (Phi) is 10.2. The molecule has 1 saturated heterocycles. The molecule has 3 aromatic rings. The molecule has 4 rings (SSSR count). The summed E-state index contributed by atoms with van der Waals surface area (Å²) in [7, 11) is 0. The van der Waals surface area contributed by atoms with Gasteiger partial charge in [0.25, 0.3) is 17.7 Å². The summed E-state index contributed by atoms with van der Waals surface area (Å²) in [5, 5.41) is 5.64. The van der Waals surface area contributed by atoms with Gasteiger partial charge in [0.1, 0.15) is 11.1 Å². The molecule has 1 aliphatic heterocycles. The van der Waals surface area contributed by atoms with E-state index in [1.165, 1.54) is 57.0 Å². The Morgan fingerprint density at radius 1 is 0.955 bits per heavy atom. The summed E-state index contributed by atoms with van der Waals surface area (Å²) >= 11 is 6.39. The minimum atomic E-state index is -2.13. The van der Waals surface area contributed by atoms with E-state index < -0.39 is 46.5 Å². The number of nitrogens with one attached hydrogen (secondary N) is 2. The number of fused-ring (bicyclic) bond motifs is 1. The third kappa shape index (κ3) is 7.16. The van der Waals surface area contributed by atoms with Gasteiger partial charge in [-0.2, -0.15) is 0 Å². The maximum Gasteiger partial charge on any atom is 0.418 e. The van der Waals surface area contributed by atoms with Crippen molar-refractivity contribution in [2.24, 2.45) is 0 Å². The number of unbranched alkanes of at least 4 members (excludes halogenated alkanes) is 5. The number of cyclic esters (lactones) is 1. The largest absolute Gasteiger partial charge is 0.433 e. The number of carbonyl (C=O) groups excluding carboxylic acids is 5. The van der Waals surface area contributed by atoms with Gasteiger partial charge in [-0.3, -0.25) is 19.2 Å². The van der Waals surface area contributed by atoms with Gasteiger partial charge in [0.2, 0.25) is 5.78 Å². The number of rotatable bonds is 13. The van der Waals surface area contributed by atoms with Crippen LogP contribution >= 0.6 is 11.6 Å². The number of amides is 4. The summed E-state index contributed by atoms with van der Waals surface area (Å²) in [5.41, 5.74) is -2.80. The molecule has 0 saturated carbocycles. The van der Waals surface area contributed by atoms with E-state index in [2.05, 4.69) is 17.6 Å². The SMILES string of the molecule is CCCCCCCCNC(=O)c1ccc(NC(=O)C(C(=O)c2cc3ccccc3oc2=O)N2C(=O)OC(C)(C)C2=O)c(Cl)c1. The van der Waals surface area contributed by atoms with Crippen molar-refractivity contribution in [3.8, 4) is 0 Å². The van der Waals surface area contributed by atoms with Crippen LogP contribution in [0.2, 0.25) is 5.02 Å². The van der Waals surface area contributed by atoms with E-state index in [0.717, 1.165) is 25.7 Å². The molecule has 44 heavy (non-hydrogen) atoms. The minimum Gasteiger partial charge on any atom is -0.433 e. The van der Waals surface area contributed by atoms with E-state index in [0.29, 0.717) is 16.8 Å². The standard InChI is InChI=1S/C32H34ClN3O8/c1-4-5-6-7-8-11-16-34-27(38)20-14-15-23(22(33)18-20)35-28(39)25(36-30(41)32(2,3)44-31(36)42)26(37)21-17-19-12-9-10-13-24(19)43-29(21)40/h9-10,12-15,17-18,25H,4-8,11,16H2,1-3H3,(H,34,38)(H,35,39). The van der Waals surface area contributed by atoms with Crippen LogP contribution < -0.4 is 16.3 Å². The lowest BCUT2D eigenvalue weighted by atomic mass is 10.0. The van der Waals surface area contributed by atoms with E-state index >= 15 is 0 Å². The predicted molar refractivity (Wildman–Crippen MR) is 164 cm³/mol. The molecule has 1 atom stereocenters. The smallest absolute Gasteiger partial charge is 0.418 e. The van der Waals surface area contributed by atoms with Gasteiger partial charge in [0, 0.05) is 17.5 Å². The molecule has 1 unspecified atom stereocenters. The summed E-state index contributed by atoms with van der Waals surface area (Å²) in [6.07, 6.45) is 5.25. The van der Waals surface area contributed by atoms with Crippen molar-refractivity contribution in [1.29, 1.82) is 0 Å². The Bertz CT molecular complexity index is 1660. The highest BCUT2D eigenvalue weighted by atomic mass is 35.5. The highest BCUT2D eigenvalue weighted by Gasteiger charge is 2.54. The highest BCUT2D eigenvalue weighted by Crippen LogP contribution is 2.29. The van der Waals surface area contributed by atoms with Gasteiger partial charge >= 0.3 is 11.7 Å². The zero-order valence-corrected chi connectivity index (χ0v) is 25.5. The molecule has 2 heterocycles. The molecule has 12 heteroatoms. The van der Waals surface area contributed by atoms with E-state index in [1.807, 2.05) is 0 Å². The Morgan fingerprint density at radius 3 is 2.34 bits per heavy atom. The Morgan fingerprint density at radius 2 is 1.66 bits per heavy atom. The molecule has 0 aliphatic carbocycles. The molecule has 0 spiro atoms. The first-order chi connectivity index (χ1) is 20.9. The molecule has 1 aliphatic rings. The fourth-order valence-electron chi connectivity index (χ4n) is 4.81. The summed E-state index contributed by atoms with van der Waals surface area (Å²) in [6.45, 7) is 5.27. The molecular formula is C32H34ClN3O8. The lowest BCUT2D eigenvalue weighted by Gasteiger charge is -2.23. The first-order valence-electron chi connectivity index (χ1n) is 14.5. The molecule has 4 amide bonds. The van der Waals surface area contributed by atoms with Crippen molar-refractivity contribution >= 4 is 57.9 Å². The normalized spacial score (nSPS) is 14.8.